The van der Waals surface area contributed by atoms with Gasteiger partial charge in [-0.15, -0.1) is 0 Å². The number of aromatic nitrogens is 1. The first-order chi connectivity index (χ1) is 11.5. The van der Waals surface area contributed by atoms with Crippen LogP contribution in [0.3, 0.4) is 0 Å². The normalized spacial score (nSPS) is 20.6. The molecule has 2 atom stereocenters. The summed E-state index contributed by atoms with van der Waals surface area (Å²) in [7, 11) is 0. The number of aliphatic hydroxyl groups is 1. The Labute approximate surface area is 137 Å². The molecule has 2 heterocycles. The fraction of sp³-hybridized carbons (Fsp3) is 0.294. The van der Waals surface area contributed by atoms with Crippen LogP contribution in [0.4, 0.5) is 4.39 Å². The van der Waals surface area contributed by atoms with E-state index in [-0.39, 0.29) is 23.1 Å². The van der Waals surface area contributed by atoms with Gasteiger partial charge in [0.2, 0.25) is 0 Å². The van der Waals surface area contributed by atoms with Crippen molar-refractivity contribution in [3.8, 4) is 5.69 Å². The minimum atomic E-state index is -0.656. The molecule has 24 heavy (non-hydrogen) atoms. The first-order valence-electron chi connectivity index (χ1n) is 7.73. The van der Waals surface area contributed by atoms with E-state index >= 15 is 0 Å². The third kappa shape index (κ3) is 3.52. The van der Waals surface area contributed by atoms with E-state index in [0.29, 0.717) is 25.2 Å². The van der Waals surface area contributed by atoms with Crippen LogP contribution in [0.1, 0.15) is 16.8 Å². The van der Waals surface area contributed by atoms with Crippen molar-refractivity contribution in [3.63, 3.8) is 0 Å². The standard InChI is InChI=1S/C17H18FN3O3/c18-12-2-1-3-13(8-12)21-10-11(4-5-16(21)23)17(24)20-14-6-7-19-9-15(14)22/h1-5,8,10,14-15,19,22H,6-7,9H2,(H,20,24). The van der Waals surface area contributed by atoms with Gasteiger partial charge in [0.15, 0.2) is 0 Å². The predicted molar refractivity (Wildman–Crippen MR) is 86.7 cm³/mol. The Morgan fingerprint density at radius 1 is 1.33 bits per heavy atom. The fourth-order valence-electron chi connectivity index (χ4n) is 2.71. The summed E-state index contributed by atoms with van der Waals surface area (Å²) in [5.41, 5.74) is 0.250. The van der Waals surface area contributed by atoms with E-state index in [2.05, 4.69) is 10.6 Å². The van der Waals surface area contributed by atoms with E-state index in [0.717, 1.165) is 0 Å². The molecule has 1 aliphatic heterocycles. The predicted octanol–water partition coefficient (Wildman–Crippen LogP) is 0.429. The van der Waals surface area contributed by atoms with Gasteiger partial charge in [-0.25, -0.2) is 4.39 Å². The summed E-state index contributed by atoms with van der Waals surface area (Å²) in [5.74, 6) is -0.849. The van der Waals surface area contributed by atoms with Crippen LogP contribution in [-0.4, -0.2) is 40.8 Å². The van der Waals surface area contributed by atoms with Gasteiger partial charge < -0.3 is 15.7 Å². The molecule has 1 aromatic heterocycles. The van der Waals surface area contributed by atoms with E-state index in [1.54, 1.807) is 6.07 Å². The highest BCUT2D eigenvalue weighted by Gasteiger charge is 2.24. The van der Waals surface area contributed by atoms with Gasteiger partial charge in [-0.05, 0) is 37.2 Å². The van der Waals surface area contributed by atoms with Gasteiger partial charge in [0.05, 0.1) is 23.4 Å². The number of piperidine rings is 1. The van der Waals surface area contributed by atoms with E-state index in [9.17, 15) is 19.1 Å². The topological polar surface area (TPSA) is 83.4 Å². The molecule has 3 rings (SSSR count). The monoisotopic (exact) mass is 331 g/mol. The number of halogens is 1. The number of β-amino-alcohol motifs (C(OH)–C–C–N with tert-alkyl or cyclic N) is 1. The van der Waals surface area contributed by atoms with Crippen LogP contribution in [0.5, 0.6) is 0 Å². The van der Waals surface area contributed by atoms with Crippen molar-refractivity contribution in [1.82, 2.24) is 15.2 Å². The molecule has 2 unspecified atom stereocenters. The van der Waals surface area contributed by atoms with Crippen LogP contribution in [0.2, 0.25) is 0 Å². The molecular formula is C17H18FN3O3. The molecule has 126 valence electrons. The average Bonchev–Trinajstić information content (AvgIpc) is 2.57. The number of pyridine rings is 1. The largest absolute Gasteiger partial charge is 0.390 e. The number of nitrogens with one attached hydrogen (secondary N) is 2. The molecular weight excluding hydrogens is 313 g/mol. The second-order valence-corrected chi connectivity index (χ2v) is 5.75. The number of benzene rings is 1. The molecule has 1 fully saturated rings. The highest BCUT2D eigenvalue weighted by atomic mass is 19.1. The summed E-state index contributed by atoms with van der Waals surface area (Å²) in [6.45, 7) is 1.14. The summed E-state index contributed by atoms with van der Waals surface area (Å²) in [6.07, 6.45) is 1.34. The second-order valence-electron chi connectivity index (χ2n) is 5.75. The Morgan fingerprint density at radius 3 is 2.92 bits per heavy atom. The Bertz CT molecular complexity index is 806. The molecule has 6 nitrogen and oxygen atoms in total. The van der Waals surface area contributed by atoms with Crippen LogP contribution >= 0.6 is 0 Å². The molecule has 0 bridgehead atoms. The molecule has 1 aliphatic rings. The van der Waals surface area contributed by atoms with Crippen LogP contribution < -0.4 is 16.2 Å². The van der Waals surface area contributed by atoms with Gasteiger partial charge in [-0.2, -0.15) is 0 Å². The first kappa shape index (κ1) is 16.4. The Morgan fingerprint density at radius 2 is 2.17 bits per heavy atom. The number of rotatable bonds is 3. The van der Waals surface area contributed by atoms with Gasteiger partial charge >= 0.3 is 0 Å². The van der Waals surface area contributed by atoms with Crippen molar-refractivity contribution >= 4 is 5.91 Å². The number of nitrogens with zero attached hydrogens (tertiary/aromatic N) is 1. The van der Waals surface area contributed by atoms with Gasteiger partial charge in [0.1, 0.15) is 5.82 Å². The van der Waals surface area contributed by atoms with Crippen LogP contribution in [0, 0.1) is 5.82 Å². The van der Waals surface area contributed by atoms with E-state index in [4.69, 9.17) is 0 Å². The van der Waals surface area contributed by atoms with Crippen molar-refractivity contribution in [2.75, 3.05) is 13.1 Å². The summed E-state index contributed by atoms with van der Waals surface area (Å²) in [5, 5.41) is 15.7. The SMILES string of the molecule is O=C(NC1CCNCC1O)c1ccc(=O)n(-c2cccc(F)c2)c1. The van der Waals surface area contributed by atoms with Crippen molar-refractivity contribution in [1.29, 1.82) is 0 Å². The molecule has 3 N–H and O–H groups in total. The number of hydrogen-bond acceptors (Lipinski definition) is 4. The fourth-order valence-corrected chi connectivity index (χ4v) is 2.71. The van der Waals surface area contributed by atoms with E-state index in [1.807, 2.05) is 0 Å². The highest BCUT2D eigenvalue weighted by Crippen LogP contribution is 2.10. The van der Waals surface area contributed by atoms with Gasteiger partial charge in [0, 0.05) is 18.8 Å². The van der Waals surface area contributed by atoms with E-state index in [1.165, 1.54) is 41.1 Å². The molecule has 2 aromatic rings. The molecule has 1 saturated heterocycles. The zero-order valence-corrected chi connectivity index (χ0v) is 12.9. The van der Waals surface area contributed by atoms with Crippen LogP contribution in [-0.2, 0) is 0 Å². The number of aliphatic hydroxyl groups excluding tert-OH is 1. The molecule has 7 heteroatoms. The number of hydrogen-bond donors (Lipinski definition) is 3. The molecule has 0 spiro atoms. The zero-order chi connectivity index (χ0) is 17.1. The lowest BCUT2D eigenvalue weighted by Crippen LogP contribution is -2.52. The Kier molecular flexibility index (Phi) is 4.73. The minimum Gasteiger partial charge on any atom is -0.390 e. The maximum Gasteiger partial charge on any atom is 0.255 e. The van der Waals surface area contributed by atoms with Gasteiger partial charge in [0.25, 0.3) is 11.5 Å². The van der Waals surface area contributed by atoms with Crippen LogP contribution in [0.15, 0.2) is 47.4 Å². The van der Waals surface area contributed by atoms with Crippen molar-refractivity contribution < 1.29 is 14.3 Å². The molecule has 1 aromatic carbocycles. The number of carbonyl (C=O) groups excluding carboxylic acids is 1. The summed E-state index contributed by atoms with van der Waals surface area (Å²) >= 11 is 0. The van der Waals surface area contributed by atoms with Crippen LogP contribution in [0.25, 0.3) is 5.69 Å². The van der Waals surface area contributed by atoms with E-state index < -0.39 is 11.9 Å². The minimum absolute atomic E-state index is 0.268. The van der Waals surface area contributed by atoms with Gasteiger partial charge in [-0.1, -0.05) is 6.07 Å². The molecule has 0 saturated carbocycles. The maximum absolute atomic E-state index is 13.4. The molecule has 0 aliphatic carbocycles. The maximum atomic E-state index is 13.4. The van der Waals surface area contributed by atoms with Gasteiger partial charge in [-0.3, -0.25) is 14.2 Å². The second kappa shape index (κ2) is 6.94. The molecule has 1 amide bonds. The first-order valence-corrected chi connectivity index (χ1v) is 7.73. The summed E-state index contributed by atoms with van der Waals surface area (Å²) in [6, 6.07) is 7.93. The molecule has 0 radical (unpaired) electrons. The lowest BCUT2D eigenvalue weighted by Gasteiger charge is -2.29. The smallest absolute Gasteiger partial charge is 0.255 e. The van der Waals surface area contributed by atoms with Crippen molar-refractivity contribution in [2.24, 2.45) is 0 Å². The summed E-state index contributed by atoms with van der Waals surface area (Å²) in [4.78, 5) is 24.4. The zero-order valence-electron chi connectivity index (χ0n) is 12.9. The lowest BCUT2D eigenvalue weighted by molar-refractivity contribution is 0.0765. The third-order valence-corrected chi connectivity index (χ3v) is 4.03. The van der Waals surface area contributed by atoms with Crippen molar-refractivity contribution in [2.45, 2.75) is 18.6 Å². The average molecular weight is 331 g/mol. The quantitative estimate of drug-likeness (QED) is 0.762. The number of amides is 1. The number of carbonyl (C=O) groups is 1. The Hall–Kier alpha value is -2.51. The summed E-state index contributed by atoms with van der Waals surface area (Å²) < 4.78 is 14.6. The van der Waals surface area contributed by atoms with Crippen molar-refractivity contribution in [3.05, 3.63) is 64.3 Å². The lowest BCUT2D eigenvalue weighted by atomic mass is 10.0. The highest BCUT2D eigenvalue weighted by molar-refractivity contribution is 5.94. The Balaban J connectivity index is 1.85. The third-order valence-electron chi connectivity index (χ3n) is 4.03.